The van der Waals surface area contributed by atoms with Gasteiger partial charge >= 0.3 is 5.97 Å². The molecular weight excluding hydrogens is 406 g/mol. The maximum absolute atomic E-state index is 13.1. The predicted molar refractivity (Wildman–Crippen MR) is 124 cm³/mol. The molecule has 0 aliphatic heterocycles. The summed E-state index contributed by atoms with van der Waals surface area (Å²) in [6.45, 7) is 4.67. The summed E-state index contributed by atoms with van der Waals surface area (Å²) in [6.07, 6.45) is 0.515. The molecule has 1 aromatic heterocycles. The fraction of sp³-hybridized carbons (Fsp3) is 0.333. The van der Waals surface area contributed by atoms with Crippen LogP contribution in [0.3, 0.4) is 0 Å². The fourth-order valence-corrected chi connectivity index (χ4v) is 3.66. The summed E-state index contributed by atoms with van der Waals surface area (Å²) in [7, 11) is 1.94. The molecule has 0 fully saturated rings. The third kappa shape index (κ3) is 5.32. The highest BCUT2D eigenvalue weighted by Crippen LogP contribution is 2.20. The number of nitrogens with one attached hydrogen (secondary N) is 1. The van der Waals surface area contributed by atoms with Gasteiger partial charge in [0.05, 0.1) is 17.5 Å². The first-order chi connectivity index (χ1) is 15.2. The normalized spacial score (nSPS) is 11.1. The van der Waals surface area contributed by atoms with E-state index in [1.807, 2.05) is 55.8 Å². The minimum atomic E-state index is -0.923. The molecule has 0 bridgehead atoms. The molecule has 0 saturated heterocycles. The smallest absolute Gasteiger partial charge is 0.305 e. The third-order valence-corrected chi connectivity index (χ3v) is 5.32. The number of fused-ring (bicyclic) bond motifs is 1. The van der Waals surface area contributed by atoms with Crippen molar-refractivity contribution in [2.75, 3.05) is 13.1 Å². The van der Waals surface area contributed by atoms with E-state index < -0.39 is 5.97 Å². The van der Waals surface area contributed by atoms with Gasteiger partial charge in [0.15, 0.2) is 0 Å². The number of nitrogens with two attached hydrogens (primary N) is 1. The molecule has 0 atom stereocenters. The number of rotatable bonds is 9. The Morgan fingerprint density at radius 3 is 2.41 bits per heavy atom. The van der Waals surface area contributed by atoms with Crippen LogP contribution in [0.25, 0.3) is 11.0 Å². The molecule has 3 aromatic rings. The molecule has 8 nitrogen and oxygen atoms in total. The summed E-state index contributed by atoms with van der Waals surface area (Å²) in [5.41, 5.74) is 9.37. The lowest BCUT2D eigenvalue weighted by Gasteiger charge is -2.24. The summed E-state index contributed by atoms with van der Waals surface area (Å²) in [5, 5.41) is 16.5. The van der Waals surface area contributed by atoms with Crippen LogP contribution in [0.1, 0.15) is 47.6 Å². The Morgan fingerprint density at radius 1 is 1.16 bits per heavy atom. The zero-order valence-corrected chi connectivity index (χ0v) is 18.6. The van der Waals surface area contributed by atoms with Gasteiger partial charge in [0.2, 0.25) is 0 Å². The maximum atomic E-state index is 13.1. The predicted octanol–water partition coefficient (Wildman–Crippen LogP) is 3.02. The molecule has 3 rings (SSSR count). The second-order valence-electron chi connectivity index (χ2n) is 8.37. The van der Waals surface area contributed by atoms with Crippen molar-refractivity contribution in [2.24, 2.45) is 18.7 Å². The van der Waals surface area contributed by atoms with E-state index in [1.54, 1.807) is 17.0 Å². The number of aliphatic carboxylic acids is 1. The van der Waals surface area contributed by atoms with Gasteiger partial charge in [-0.3, -0.25) is 15.0 Å². The fourth-order valence-electron chi connectivity index (χ4n) is 3.66. The van der Waals surface area contributed by atoms with Crippen LogP contribution in [0.5, 0.6) is 0 Å². The van der Waals surface area contributed by atoms with Crippen molar-refractivity contribution >= 4 is 28.7 Å². The molecule has 0 unspecified atom stereocenters. The van der Waals surface area contributed by atoms with Crippen molar-refractivity contribution < 1.29 is 14.7 Å². The van der Waals surface area contributed by atoms with Crippen molar-refractivity contribution in [1.29, 1.82) is 5.41 Å². The number of amidine groups is 1. The Bertz CT molecular complexity index is 1150. The Labute approximate surface area is 187 Å². The van der Waals surface area contributed by atoms with Crippen LogP contribution in [0.2, 0.25) is 0 Å². The van der Waals surface area contributed by atoms with Crippen LogP contribution >= 0.6 is 0 Å². The number of nitrogen functional groups attached to an aromatic ring is 1. The van der Waals surface area contributed by atoms with Gasteiger partial charge in [0, 0.05) is 37.7 Å². The summed E-state index contributed by atoms with van der Waals surface area (Å²) in [5.74, 6) is 0.00494. The van der Waals surface area contributed by atoms with E-state index in [0.717, 1.165) is 22.4 Å². The van der Waals surface area contributed by atoms with E-state index >= 15 is 0 Å². The lowest BCUT2D eigenvalue weighted by atomic mass is 10.1. The van der Waals surface area contributed by atoms with Crippen molar-refractivity contribution in [3.8, 4) is 0 Å². The first kappa shape index (κ1) is 23.0. The van der Waals surface area contributed by atoms with Gasteiger partial charge in [0.1, 0.15) is 11.7 Å². The lowest BCUT2D eigenvalue weighted by molar-refractivity contribution is -0.137. The van der Waals surface area contributed by atoms with Crippen LogP contribution < -0.4 is 5.73 Å². The Morgan fingerprint density at radius 2 is 1.81 bits per heavy atom. The summed E-state index contributed by atoms with van der Waals surface area (Å²) < 4.78 is 2.00. The molecule has 32 heavy (non-hydrogen) atoms. The number of benzene rings is 2. The minimum Gasteiger partial charge on any atom is -0.481 e. The van der Waals surface area contributed by atoms with E-state index in [1.165, 1.54) is 0 Å². The lowest BCUT2D eigenvalue weighted by Crippen LogP contribution is -2.36. The van der Waals surface area contributed by atoms with E-state index in [9.17, 15) is 9.59 Å². The van der Waals surface area contributed by atoms with Gasteiger partial charge in [-0.2, -0.15) is 0 Å². The van der Waals surface area contributed by atoms with Crippen molar-refractivity contribution in [1.82, 2.24) is 14.5 Å². The van der Waals surface area contributed by atoms with Crippen LogP contribution in [0.4, 0.5) is 0 Å². The number of carbonyl (C=O) groups is 2. The average Bonchev–Trinajstić information content (AvgIpc) is 3.05. The third-order valence-electron chi connectivity index (χ3n) is 5.32. The van der Waals surface area contributed by atoms with Gasteiger partial charge in [0.25, 0.3) is 5.91 Å². The van der Waals surface area contributed by atoms with Gasteiger partial charge < -0.3 is 20.3 Å². The Kier molecular flexibility index (Phi) is 6.92. The first-order valence-electron chi connectivity index (χ1n) is 10.6. The molecule has 1 heterocycles. The highest BCUT2D eigenvalue weighted by atomic mass is 16.4. The van der Waals surface area contributed by atoms with E-state index in [-0.39, 0.29) is 30.6 Å². The van der Waals surface area contributed by atoms with Crippen molar-refractivity contribution in [3.05, 3.63) is 65.0 Å². The number of amides is 1. The quantitative estimate of drug-likeness (QED) is 0.352. The summed E-state index contributed by atoms with van der Waals surface area (Å²) in [6, 6.07) is 12.9. The number of carbonyl (C=O) groups excluding carboxylic acids is 1. The van der Waals surface area contributed by atoms with Crippen LogP contribution in [-0.4, -0.2) is 50.4 Å². The second kappa shape index (κ2) is 9.64. The molecular formula is C24H29N5O3. The van der Waals surface area contributed by atoms with Crippen LogP contribution in [0.15, 0.2) is 42.5 Å². The molecule has 0 saturated carbocycles. The first-order valence-corrected chi connectivity index (χ1v) is 10.6. The van der Waals surface area contributed by atoms with E-state index in [0.29, 0.717) is 24.1 Å². The number of nitrogens with zero attached hydrogens (tertiary/aromatic N) is 3. The number of hydrogen-bond acceptors (Lipinski definition) is 4. The second-order valence-corrected chi connectivity index (χ2v) is 8.37. The maximum Gasteiger partial charge on any atom is 0.305 e. The number of aromatic nitrogens is 2. The van der Waals surface area contributed by atoms with Crippen LogP contribution in [-0.2, 0) is 18.3 Å². The highest BCUT2D eigenvalue weighted by molar-refractivity contribution is 5.97. The summed E-state index contributed by atoms with van der Waals surface area (Å²) in [4.78, 5) is 30.4. The zero-order chi connectivity index (χ0) is 23.4. The minimum absolute atomic E-state index is 0.0336. The topological polar surface area (TPSA) is 125 Å². The Balaban J connectivity index is 1.85. The van der Waals surface area contributed by atoms with E-state index in [2.05, 4.69) is 0 Å². The highest BCUT2D eigenvalue weighted by Gasteiger charge is 2.19. The molecule has 2 aromatic carbocycles. The van der Waals surface area contributed by atoms with Crippen LogP contribution in [0, 0.1) is 11.3 Å². The van der Waals surface area contributed by atoms with Crippen molar-refractivity contribution in [2.45, 2.75) is 26.7 Å². The Hall–Kier alpha value is -3.68. The zero-order valence-electron chi connectivity index (χ0n) is 18.6. The molecule has 4 N–H and O–H groups in total. The molecule has 0 spiro atoms. The summed E-state index contributed by atoms with van der Waals surface area (Å²) >= 11 is 0. The molecule has 8 heteroatoms. The SMILES string of the molecule is CC(C)CN(CCC(=O)O)C(=O)c1ccc2c(c1)nc(Cc1ccc(C(=N)N)cc1)n2C. The van der Waals surface area contributed by atoms with E-state index in [4.69, 9.17) is 21.2 Å². The molecule has 0 aliphatic rings. The number of carboxylic acid groups (broad SMARTS) is 1. The number of imidazole rings is 1. The standard InChI is InChI=1S/C24H29N5O3/c1-15(2)14-29(11-10-22(30)31)24(32)18-8-9-20-19(13-18)27-21(28(20)3)12-16-4-6-17(7-5-16)23(25)26/h4-9,13,15H,10-12,14H2,1-3H3,(H3,25,26)(H,30,31). The molecule has 168 valence electrons. The van der Waals surface area contributed by atoms with Gasteiger partial charge in [-0.25, -0.2) is 4.98 Å². The monoisotopic (exact) mass is 435 g/mol. The number of hydrogen-bond donors (Lipinski definition) is 3. The molecule has 1 amide bonds. The van der Waals surface area contributed by atoms with Gasteiger partial charge in [-0.15, -0.1) is 0 Å². The average molecular weight is 436 g/mol. The van der Waals surface area contributed by atoms with Crippen molar-refractivity contribution in [3.63, 3.8) is 0 Å². The molecule has 0 radical (unpaired) electrons. The number of carboxylic acids is 1. The number of aryl methyl sites for hydroxylation is 1. The largest absolute Gasteiger partial charge is 0.481 e. The van der Waals surface area contributed by atoms with Gasteiger partial charge in [-0.05, 0) is 29.7 Å². The van der Waals surface area contributed by atoms with Gasteiger partial charge in [-0.1, -0.05) is 38.1 Å². The molecule has 0 aliphatic carbocycles.